The van der Waals surface area contributed by atoms with Gasteiger partial charge in [-0.25, -0.2) is 4.79 Å². The van der Waals surface area contributed by atoms with Crippen molar-refractivity contribution < 1.29 is 4.79 Å². The minimum atomic E-state index is -0.444. The topological polar surface area (TPSA) is 70.9 Å². The van der Waals surface area contributed by atoms with Gasteiger partial charge in [0.05, 0.1) is 0 Å². The van der Waals surface area contributed by atoms with Gasteiger partial charge in [-0.1, -0.05) is 11.6 Å². The SMILES string of the molecule is Cc1ccc2[nH]c3c(c2c1)CC(NC(N)=O)C3. The molecule has 1 heterocycles. The third-order valence-corrected chi connectivity index (χ3v) is 3.40. The number of carbonyl (C=O) groups excluding carboxylic acids is 1. The maximum Gasteiger partial charge on any atom is 0.312 e. The first-order valence-electron chi connectivity index (χ1n) is 5.79. The molecule has 1 unspecified atom stereocenters. The molecule has 4 nitrogen and oxygen atoms in total. The van der Waals surface area contributed by atoms with Crippen LogP contribution in [0.1, 0.15) is 16.8 Å². The van der Waals surface area contributed by atoms with Crippen LogP contribution in [-0.2, 0) is 12.8 Å². The molecule has 1 aromatic heterocycles. The number of hydrogen-bond donors (Lipinski definition) is 3. The molecule has 4 N–H and O–H groups in total. The molecule has 0 spiro atoms. The highest BCUT2D eigenvalue weighted by Gasteiger charge is 2.25. The predicted molar refractivity (Wildman–Crippen MR) is 67.0 cm³/mol. The van der Waals surface area contributed by atoms with Crippen molar-refractivity contribution in [3.8, 4) is 0 Å². The Morgan fingerprint density at radius 2 is 2.29 bits per heavy atom. The van der Waals surface area contributed by atoms with Crippen LogP contribution in [0.3, 0.4) is 0 Å². The maximum absolute atomic E-state index is 10.8. The van der Waals surface area contributed by atoms with Crippen LogP contribution in [-0.4, -0.2) is 17.1 Å². The number of benzene rings is 1. The quantitative estimate of drug-likeness (QED) is 0.683. The van der Waals surface area contributed by atoms with E-state index in [-0.39, 0.29) is 6.04 Å². The Labute approximate surface area is 99.2 Å². The van der Waals surface area contributed by atoms with Gasteiger partial charge in [0.15, 0.2) is 0 Å². The first-order chi connectivity index (χ1) is 8.13. The second-order valence-electron chi connectivity index (χ2n) is 4.74. The van der Waals surface area contributed by atoms with E-state index in [1.54, 1.807) is 0 Å². The zero-order valence-electron chi connectivity index (χ0n) is 9.71. The van der Waals surface area contributed by atoms with E-state index in [0.29, 0.717) is 0 Å². The number of aryl methyl sites for hydroxylation is 1. The molecule has 0 aliphatic heterocycles. The summed E-state index contributed by atoms with van der Waals surface area (Å²) in [6, 6.07) is 6.10. The summed E-state index contributed by atoms with van der Waals surface area (Å²) >= 11 is 0. The van der Waals surface area contributed by atoms with E-state index in [9.17, 15) is 4.79 Å². The third-order valence-electron chi connectivity index (χ3n) is 3.40. The molecule has 88 valence electrons. The Hall–Kier alpha value is -1.97. The number of fused-ring (bicyclic) bond motifs is 3. The average molecular weight is 229 g/mol. The number of primary amides is 1. The van der Waals surface area contributed by atoms with Crippen LogP contribution in [0.15, 0.2) is 18.2 Å². The Kier molecular flexibility index (Phi) is 2.11. The van der Waals surface area contributed by atoms with E-state index >= 15 is 0 Å². The van der Waals surface area contributed by atoms with Crippen molar-refractivity contribution in [3.63, 3.8) is 0 Å². The zero-order chi connectivity index (χ0) is 12.0. The van der Waals surface area contributed by atoms with Crippen LogP contribution in [0.5, 0.6) is 0 Å². The molecular formula is C13H15N3O. The minimum absolute atomic E-state index is 0.138. The number of hydrogen-bond acceptors (Lipinski definition) is 1. The van der Waals surface area contributed by atoms with E-state index in [0.717, 1.165) is 12.8 Å². The van der Waals surface area contributed by atoms with Gasteiger partial charge in [0, 0.05) is 29.1 Å². The van der Waals surface area contributed by atoms with E-state index in [1.807, 2.05) is 0 Å². The van der Waals surface area contributed by atoms with Gasteiger partial charge in [-0.3, -0.25) is 0 Å². The highest BCUT2D eigenvalue weighted by atomic mass is 16.2. The van der Waals surface area contributed by atoms with Crippen LogP contribution in [0.2, 0.25) is 0 Å². The van der Waals surface area contributed by atoms with Gasteiger partial charge in [-0.05, 0) is 31.0 Å². The van der Waals surface area contributed by atoms with Crippen LogP contribution in [0.4, 0.5) is 4.79 Å². The summed E-state index contributed by atoms with van der Waals surface area (Å²) in [6.07, 6.45) is 1.70. The molecule has 1 aromatic carbocycles. The van der Waals surface area contributed by atoms with E-state index in [1.165, 1.54) is 27.7 Å². The van der Waals surface area contributed by atoms with Crippen LogP contribution >= 0.6 is 0 Å². The number of aromatic nitrogens is 1. The van der Waals surface area contributed by atoms with Gasteiger partial charge in [-0.15, -0.1) is 0 Å². The molecule has 4 heteroatoms. The normalized spacial score (nSPS) is 18.3. The van der Waals surface area contributed by atoms with E-state index in [4.69, 9.17) is 5.73 Å². The van der Waals surface area contributed by atoms with Crippen molar-refractivity contribution >= 4 is 16.9 Å². The van der Waals surface area contributed by atoms with Gasteiger partial charge in [0.2, 0.25) is 0 Å². The maximum atomic E-state index is 10.8. The Morgan fingerprint density at radius 1 is 1.47 bits per heavy atom. The summed E-state index contributed by atoms with van der Waals surface area (Å²) in [5, 5.41) is 4.04. The monoisotopic (exact) mass is 229 g/mol. The van der Waals surface area contributed by atoms with Crippen molar-refractivity contribution in [1.82, 2.24) is 10.3 Å². The molecule has 17 heavy (non-hydrogen) atoms. The van der Waals surface area contributed by atoms with Crippen molar-refractivity contribution in [2.24, 2.45) is 5.73 Å². The van der Waals surface area contributed by atoms with E-state index < -0.39 is 6.03 Å². The molecule has 0 fully saturated rings. The molecule has 1 aliphatic carbocycles. The lowest BCUT2D eigenvalue weighted by Crippen LogP contribution is -2.39. The number of urea groups is 1. The molecule has 0 bridgehead atoms. The summed E-state index contributed by atoms with van der Waals surface area (Å²) in [5.41, 5.74) is 10.1. The number of carbonyl (C=O) groups is 1. The fourth-order valence-corrected chi connectivity index (χ4v) is 2.69. The third kappa shape index (κ3) is 1.65. The molecule has 2 aromatic rings. The van der Waals surface area contributed by atoms with Gasteiger partial charge in [0.1, 0.15) is 0 Å². The number of H-pyrrole nitrogens is 1. The number of nitrogens with one attached hydrogen (secondary N) is 2. The first-order valence-corrected chi connectivity index (χ1v) is 5.79. The fraction of sp³-hybridized carbons (Fsp3) is 0.308. The average Bonchev–Trinajstić information content (AvgIpc) is 2.74. The molecule has 0 radical (unpaired) electrons. The molecule has 0 saturated carbocycles. The Balaban J connectivity index is 1.98. The highest BCUT2D eigenvalue weighted by molar-refractivity contribution is 5.86. The molecule has 1 aliphatic rings. The number of aromatic amines is 1. The summed E-state index contributed by atoms with van der Waals surface area (Å²) in [7, 11) is 0. The second-order valence-corrected chi connectivity index (χ2v) is 4.74. The standard InChI is InChI=1S/C13H15N3O/c1-7-2-3-11-9(4-7)10-5-8(15-13(14)17)6-12(10)16-11/h2-4,8,16H,5-6H2,1H3,(H3,14,15,17). The van der Waals surface area contributed by atoms with Crippen molar-refractivity contribution in [2.75, 3.05) is 0 Å². The van der Waals surface area contributed by atoms with Gasteiger partial charge >= 0.3 is 6.03 Å². The zero-order valence-corrected chi connectivity index (χ0v) is 9.71. The lowest BCUT2D eigenvalue weighted by atomic mass is 10.1. The Morgan fingerprint density at radius 3 is 3.06 bits per heavy atom. The van der Waals surface area contributed by atoms with E-state index in [2.05, 4.69) is 35.4 Å². The summed E-state index contributed by atoms with van der Waals surface area (Å²) in [5.74, 6) is 0. The smallest absolute Gasteiger partial charge is 0.312 e. The van der Waals surface area contributed by atoms with Crippen LogP contribution < -0.4 is 11.1 Å². The molecule has 2 amide bonds. The van der Waals surface area contributed by atoms with Gasteiger partial charge in [0.25, 0.3) is 0 Å². The largest absolute Gasteiger partial charge is 0.358 e. The fourth-order valence-electron chi connectivity index (χ4n) is 2.69. The number of amides is 2. The summed E-state index contributed by atoms with van der Waals surface area (Å²) < 4.78 is 0. The van der Waals surface area contributed by atoms with Crippen molar-refractivity contribution in [1.29, 1.82) is 0 Å². The number of nitrogens with two attached hydrogens (primary N) is 1. The lowest BCUT2D eigenvalue weighted by molar-refractivity contribution is 0.245. The number of rotatable bonds is 1. The molecular weight excluding hydrogens is 214 g/mol. The molecule has 3 rings (SSSR count). The van der Waals surface area contributed by atoms with Crippen molar-refractivity contribution in [3.05, 3.63) is 35.0 Å². The lowest BCUT2D eigenvalue weighted by Gasteiger charge is -2.09. The minimum Gasteiger partial charge on any atom is -0.358 e. The molecule has 1 atom stereocenters. The Bertz CT molecular complexity index is 600. The predicted octanol–water partition coefficient (Wildman–Crippen LogP) is 1.61. The van der Waals surface area contributed by atoms with Crippen molar-refractivity contribution in [2.45, 2.75) is 25.8 Å². The van der Waals surface area contributed by atoms with Gasteiger partial charge in [-0.2, -0.15) is 0 Å². The summed E-state index contributed by atoms with van der Waals surface area (Å²) in [4.78, 5) is 14.3. The molecule has 0 saturated heterocycles. The van der Waals surface area contributed by atoms with Gasteiger partial charge < -0.3 is 16.0 Å². The van der Waals surface area contributed by atoms with Crippen LogP contribution in [0.25, 0.3) is 10.9 Å². The van der Waals surface area contributed by atoms with Crippen LogP contribution in [0, 0.1) is 6.92 Å². The first kappa shape index (κ1) is 10.2. The highest BCUT2D eigenvalue weighted by Crippen LogP contribution is 2.30. The second kappa shape index (κ2) is 3.52. The summed E-state index contributed by atoms with van der Waals surface area (Å²) in [6.45, 7) is 2.09.